The summed E-state index contributed by atoms with van der Waals surface area (Å²) in [5.41, 5.74) is 3.31. The van der Waals surface area contributed by atoms with Crippen LogP contribution in [0.3, 0.4) is 0 Å². The number of aromatic nitrogens is 3. The number of hydrogen-bond acceptors (Lipinski definition) is 2. The summed E-state index contributed by atoms with van der Waals surface area (Å²) >= 11 is 0. The van der Waals surface area contributed by atoms with Gasteiger partial charge in [0.15, 0.2) is 0 Å². The summed E-state index contributed by atoms with van der Waals surface area (Å²) in [6, 6.07) is 10.2. The summed E-state index contributed by atoms with van der Waals surface area (Å²) in [5, 5.41) is 5.58. The van der Waals surface area contributed by atoms with Gasteiger partial charge in [-0.1, -0.05) is 6.92 Å². The van der Waals surface area contributed by atoms with Gasteiger partial charge in [-0.3, -0.25) is 4.68 Å². The van der Waals surface area contributed by atoms with Crippen LogP contribution in [-0.2, 0) is 20.1 Å². The maximum Gasteiger partial charge on any atom is 0.130 e. The molecule has 4 nitrogen and oxygen atoms in total. The summed E-state index contributed by atoms with van der Waals surface area (Å²) in [7, 11) is 1.95. The van der Waals surface area contributed by atoms with Crippen molar-refractivity contribution in [3.63, 3.8) is 0 Å². The van der Waals surface area contributed by atoms with E-state index < -0.39 is 0 Å². The van der Waals surface area contributed by atoms with Crippen molar-refractivity contribution in [3.8, 4) is 5.75 Å². The monoisotopic (exact) mass is 255 g/mol. The number of ether oxygens (including phenoxy) is 1. The number of benzene rings is 1. The van der Waals surface area contributed by atoms with Crippen LogP contribution < -0.4 is 4.74 Å². The molecular weight excluding hydrogens is 238 g/mol. The number of nitrogens with zero attached hydrogens (tertiary/aromatic N) is 2. The van der Waals surface area contributed by atoms with Crippen LogP contribution in [0, 0.1) is 0 Å². The van der Waals surface area contributed by atoms with E-state index >= 15 is 0 Å². The molecule has 2 heterocycles. The molecule has 0 aliphatic heterocycles. The molecule has 0 bridgehead atoms. The first-order valence-electron chi connectivity index (χ1n) is 6.48. The topological polar surface area (TPSA) is 42.8 Å². The van der Waals surface area contributed by atoms with Crippen LogP contribution in [0.15, 0.2) is 36.5 Å². The zero-order valence-corrected chi connectivity index (χ0v) is 11.2. The predicted octanol–water partition coefficient (Wildman–Crippen LogP) is 3.04. The highest BCUT2D eigenvalue weighted by Crippen LogP contribution is 2.20. The molecule has 98 valence electrons. The number of aromatic amines is 1. The summed E-state index contributed by atoms with van der Waals surface area (Å²) < 4.78 is 7.72. The second-order valence-electron chi connectivity index (χ2n) is 4.62. The molecule has 1 aromatic carbocycles. The Morgan fingerprint density at radius 1 is 1.26 bits per heavy atom. The highest BCUT2D eigenvalue weighted by atomic mass is 16.5. The van der Waals surface area contributed by atoms with E-state index in [2.05, 4.69) is 23.1 Å². The van der Waals surface area contributed by atoms with Gasteiger partial charge in [0.05, 0.1) is 11.4 Å². The molecule has 0 saturated heterocycles. The minimum atomic E-state index is 0.541. The molecule has 0 aliphatic carbocycles. The van der Waals surface area contributed by atoms with Gasteiger partial charge in [0.25, 0.3) is 0 Å². The fraction of sp³-hybridized carbons (Fsp3) is 0.267. The minimum Gasteiger partial charge on any atom is -0.487 e. The largest absolute Gasteiger partial charge is 0.487 e. The van der Waals surface area contributed by atoms with E-state index in [0.29, 0.717) is 6.61 Å². The van der Waals surface area contributed by atoms with Crippen LogP contribution in [0.5, 0.6) is 5.75 Å². The minimum absolute atomic E-state index is 0.541. The number of nitrogens with one attached hydrogen (secondary N) is 1. The molecule has 0 fully saturated rings. The Morgan fingerprint density at radius 3 is 2.95 bits per heavy atom. The summed E-state index contributed by atoms with van der Waals surface area (Å²) in [6.07, 6.45) is 2.88. The van der Waals surface area contributed by atoms with Crippen LogP contribution in [-0.4, -0.2) is 14.8 Å². The van der Waals surface area contributed by atoms with Gasteiger partial charge in [-0.25, -0.2) is 0 Å². The van der Waals surface area contributed by atoms with E-state index in [1.54, 1.807) is 0 Å². The SMILES string of the molecule is CCc1cc(COc2ccc3[nH]ccc3c2)n(C)n1. The van der Waals surface area contributed by atoms with Crippen LogP contribution >= 0.6 is 0 Å². The highest BCUT2D eigenvalue weighted by Gasteiger charge is 2.05. The van der Waals surface area contributed by atoms with Crippen LogP contribution in [0.2, 0.25) is 0 Å². The molecule has 0 unspecified atom stereocenters. The Kier molecular flexibility index (Phi) is 2.99. The first-order valence-corrected chi connectivity index (χ1v) is 6.48. The molecule has 4 heteroatoms. The van der Waals surface area contributed by atoms with Crippen LogP contribution in [0.1, 0.15) is 18.3 Å². The van der Waals surface area contributed by atoms with E-state index in [4.69, 9.17) is 4.74 Å². The first kappa shape index (κ1) is 11.8. The molecule has 2 aromatic heterocycles. The molecule has 0 spiro atoms. The smallest absolute Gasteiger partial charge is 0.130 e. The normalized spacial score (nSPS) is 11.1. The summed E-state index contributed by atoms with van der Waals surface area (Å²) in [5.74, 6) is 0.881. The van der Waals surface area contributed by atoms with Gasteiger partial charge < -0.3 is 9.72 Å². The third kappa shape index (κ3) is 2.34. The average molecular weight is 255 g/mol. The Balaban J connectivity index is 1.75. The number of aryl methyl sites for hydroxylation is 2. The van der Waals surface area contributed by atoms with Gasteiger partial charge in [-0.15, -0.1) is 0 Å². The molecule has 3 aromatic rings. The Hall–Kier alpha value is -2.23. The van der Waals surface area contributed by atoms with Crippen molar-refractivity contribution in [2.24, 2.45) is 7.05 Å². The predicted molar refractivity (Wildman–Crippen MR) is 75.2 cm³/mol. The maximum atomic E-state index is 5.83. The van der Waals surface area contributed by atoms with E-state index in [0.717, 1.165) is 34.5 Å². The van der Waals surface area contributed by atoms with Crippen molar-refractivity contribution in [2.75, 3.05) is 0 Å². The van der Waals surface area contributed by atoms with E-state index in [9.17, 15) is 0 Å². The van der Waals surface area contributed by atoms with Gasteiger partial charge in [0.2, 0.25) is 0 Å². The quantitative estimate of drug-likeness (QED) is 0.778. The van der Waals surface area contributed by atoms with Crippen LogP contribution in [0.4, 0.5) is 0 Å². The van der Waals surface area contributed by atoms with Gasteiger partial charge in [0, 0.05) is 24.1 Å². The Bertz CT molecular complexity index is 696. The fourth-order valence-electron chi connectivity index (χ4n) is 2.16. The fourth-order valence-corrected chi connectivity index (χ4v) is 2.16. The number of hydrogen-bond donors (Lipinski definition) is 1. The third-order valence-corrected chi connectivity index (χ3v) is 3.30. The van der Waals surface area contributed by atoms with Gasteiger partial charge in [-0.05, 0) is 36.8 Å². The van der Waals surface area contributed by atoms with Crippen molar-refractivity contribution in [3.05, 3.63) is 47.9 Å². The third-order valence-electron chi connectivity index (χ3n) is 3.30. The molecule has 0 amide bonds. The van der Waals surface area contributed by atoms with Crippen molar-refractivity contribution < 1.29 is 4.74 Å². The van der Waals surface area contributed by atoms with E-state index in [-0.39, 0.29) is 0 Å². The lowest BCUT2D eigenvalue weighted by Gasteiger charge is -2.06. The number of rotatable bonds is 4. The molecule has 0 saturated carbocycles. The molecule has 1 N–H and O–H groups in total. The van der Waals surface area contributed by atoms with Gasteiger partial charge >= 0.3 is 0 Å². The lowest BCUT2D eigenvalue weighted by Crippen LogP contribution is -2.02. The lowest BCUT2D eigenvalue weighted by atomic mass is 10.2. The van der Waals surface area contributed by atoms with E-state index in [1.807, 2.05) is 42.2 Å². The lowest BCUT2D eigenvalue weighted by molar-refractivity contribution is 0.295. The molecule has 19 heavy (non-hydrogen) atoms. The second kappa shape index (κ2) is 4.80. The average Bonchev–Trinajstić information content (AvgIpc) is 3.02. The van der Waals surface area contributed by atoms with Gasteiger partial charge in [-0.2, -0.15) is 5.10 Å². The summed E-state index contributed by atoms with van der Waals surface area (Å²) in [6.45, 7) is 2.65. The van der Waals surface area contributed by atoms with Crippen LogP contribution in [0.25, 0.3) is 10.9 Å². The zero-order valence-electron chi connectivity index (χ0n) is 11.2. The molecule has 3 rings (SSSR count). The number of H-pyrrole nitrogens is 1. The Labute approximate surface area is 112 Å². The highest BCUT2D eigenvalue weighted by molar-refractivity contribution is 5.80. The zero-order chi connectivity index (χ0) is 13.2. The van der Waals surface area contributed by atoms with Crippen molar-refractivity contribution in [1.29, 1.82) is 0 Å². The molecular formula is C15H17N3O. The van der Waals surface area contributed by atoms with E-state index in [1.165, 1.54) is 0 Å². The Morgan fingerprint density at radius 2 is 2.16 bits per heavy atom. The van der Waals surface area contributed by atoms with Crippen molar-refractivity contribution >= 4 is 10.9 Å². The first-order chi connectivity index (χ1) is 9.26. The molecule has 0 radical (unpaired) electrons. The number of fused-ring (bicyclic) bond motifs is 1. The van der Waals surface area contributed by atoms with Crippen molar-refractivity contribution in [1.82, 2.24) is 14.8 Å². The second-order valence-corrected chi connectivity index (χ2v) is 4.62. The summed E-state index contributed by atoms with van der Waals surface area (Å²) in [4.78, 5) is 3.17. The van der Waals surface area contributed by atoms with Crippen molar-refractivity contribution in [2.45, 2.75) is 20.0 Å². The standard InChI is InChI=1S/C15H17N3O/c1-3-12-9-13(18(2)17-12)10-19-14-4-5-15-11(8-14)6-7-16-15/h4-9,16H,3,10H2,1-2H3. The van der Waals surface area contributed by atoms with Gasteiger partial charge in [0.1, 0.15) is 12.4 Å². The molecule has 0 aliphatic rings. The maximum absolute atomic E-state index is 5.83. The molecule has 0 atom stereocenters.